The number of rotatable bonds is 7. The first-order valence-corrected chi connectivity index (χ1v) is 12.9. The minimum atomic E-state index is -1.14. The van der Waals surface area contributed by atoms with E-state index in [4.69, 9.17) is 21.3 Å². The number of halogens is 2. The van der Waals surface area contributed by atoms with E-state index in [2.05, 4.69) is 25.8 Å². The average Bonchev–Trinajstić information content (AvgIpc) is 2.89. The number of nitrogens with zero attached hydrogens (tertiary/aromatic N) is 4. The molecule has 1 aliphatic rings. The van der Waals surface area contributed by atoms with Crippen LogP contribution in [0, 0.1) is 10.1 Å². The van der Waals surface area contributed by atoms with Gasteiger partial charge in [-0.1, -0.05) is 46.8 Å². The minimum absolute atomic E-state index is 0.0374. The lowest BCUT2D eigenvalue weighted by Crippen LogP contribution is -2.26. The van der Waals surface area contributed by atoms with E-state index in [1.807, 2.05) is 6.07 Å². The summed E-state index contributed by atoms with van der Waals surface area (Å²) in [5, 5.41) is 16.6. The highest BCUT2D eigenvalue weighted by atomic mass is 79.9. The highest BCUT2D eigenvalue weighted by Crippen LogP contribution is 2.35. The van der Waals surface area contributed by atoms with Crippen LogP contribution < -0.4 is 10.3 Å². The van der Waals surface area contributed by atoms with Crippen molar-refractivity contribution in [3.05, 3.63) is 71.7 Å². The van der Waals surface area contributed by atoms with Gasteiger partial charge in [-0.05, 0) is 44.0 Å². The Bertz CT molecular complexity index is 1450. The number of ether oxygens (including phenoxy) is 2. The van der Waals surface area contributed by atoms with E-state index in [1.165, 1.54) is 31.0 Å². The third-order valence-corrected chi connectivity index (χ3v) is 6.91. The Morgan fingerprint density at radius 2 is 2.03 bits per heavy atom. The first-order valence-electron chi connectivity index (χ1n) is 11.7. The van der Waals surface area contributed by atoms with E-state index in [0.717, 1.165) is 42.6 Å². The molecule has 1 atom stereocenters. The topological polar surface area (TPSA) is 126 Å². The van der Waals surface area contributed by atoms with Crippen molar-refractivity contribution in [3.8, 4) is 5.75 Å². The molecule has 10 nitrogen and oxygen atoms in total. The van der Waals surface area contributed by atoms with Crippen molar-refractivity contribution in [2.45, 2.75) is 51.0 Å². The second-order valence-corrected chi connectivity index (χ2v) is 10.1. The summed E-state index contributed by atoms with van der Waals surface area (Å²) in [5.41, 5.74) is -0.143. The second-order valence-electron chi connectivity index (χ2n) is 8.71. The normalized spacial score (nSPS) is 15.1. The van der Waals surface area contributed by atoms with Gasteiger partial charge >= 0.3 is 11.7 Å². The standard InChI is InChI=1S/C25H24BrClN4O6/c1-14(25(33)36-2)37-22-16(10-18(27)12-21(22)31(34)35)13-28-30-23(15-6-4-3-5-7-15)29-20-9-8-17(26)11-19(20)24(30)32/h8-15H,3-7H2,1-2H3/t14-/m0/s1. The third-order valence-electron chi connectivity index (χ3n) is 6.20. The van der Waals surface area contributed by atoms with E-state index in [-0.39, 0.29) is 27.8 Å². The summed E-state index contributed by atoms with van der Waals surface area (Å²) in [6, 6.07) is 7.81. The number of methoxy groups -OCH3 is 1. The Hall–Kier alpha value is -3.31. The van der Waals surface area contributed by atoms with Crippen molar-refractivity contribution < 1.29 is 19.2 Å². The van der Waals surface area contributed by atoms with Crippen molar-refractivity contribution in [1.82, 2.24) is 9.66 Å². The zero-order valence-corrected chi connectivity index (χ0v) is 22.5. The van der Waals surface area contributed by atoms with Gasteiger partial charge in [-0.2, -0.15) is 9.78 Å². The molecule has 2 aromatic carbocycles. The number of hydrogen-bond acceptors (Lipinski definition) is 8. The molecule has 0 aliphatic heterocycles. The van der Waals surface area contributed by atoms with E-state index < -0.39 is 22.7 Å². The number of benzene rings is 2. The molecule has 0 N–H and O–H groups in total. The van der Waals surface area contributed by atoms with Gasteiger partial charge < -0.3 is 9.47 Å². The van der Waals surface area contributed by atoms with Gasteiger partial charge in [0.15, 0.2) is 6.10 Å². The third kappa shape index (κ3) is 5.83. The molecule has 4 rings (SSSR count). The van der Waals surface area contributed by atoms with Crippen LogP contribution in [0.4, 0.5) is 5.69 Å². The summed E-state index contributed by atoms with van der Waals surface area (Å²) in [6.45, 7) is 1.40. The summed E-state index contributed by atoms with van der Waals surface area (Å²) in [4.78, 5) is 41.4. The van der Waals surface area contributed by atoms with E-state index in [1.54, 1.807) is 12.1 Å². The molecule has 0 unspecified atom stereocenters. The summed E-state index contributed by atoms with van der Waals surface area (Å²) < 4.78 is 12.3. The predicted octanol–water partition coefficient (Wildman–Crippen LogP) is 5.59. The number of hydrogen-bond donors (Lipinski definition) is 0. The smallest absolute Gasteiger partial charge is 0.346 e. The van der Waals surface area contributed by atoms with Gasteiger partial charge in [0.1, 0.15) is 5.82 Å². The molecular weight excluding hydrogens is 568 g/mol. The summed E-state index contributed by atoms with van der Waals surface area (Å²) in [7, 11) is 1.19. The van der Waals surface area contributed by atoms with Crippen molar-refractivity contribution in [2.75, 3.05) is 7.11 Å². The Morgan fingerprint density at radius 3 is 2.70 bits per heavy atom. The first-order chi connectivity index (χ1) is 17.7. The number of esters is 1. The number of aromatic nitrogens is 2. The summed E-state index contributed by atoms with van der Waals surface area (Å²) >= 11 is 9.55. The molecule has 1 aliphatic carbocycles. The molecule has 12 heteroatoms. The van der Waals surface area contributed by atoms with E-state index in [0.29, 0.717) is 16.7 Å². The number of fused-ring (bicyclic) bond motifs is 1. The fourth-order valence-corrected chi connectivity index (χ4v) is 4.96. The van der Waals surface area contributed by atoms with Gasteiger partial charge in [-0.15, -0.1) is 0 Å². The van der Waals surface area contributed by atoms with Gasteiger partial charge in [0.25, 0.3) is 5.56 Å². The van der Waals surface area contributed by atoms with Crippen molar-refractivity contribution in [1.29, 1.82) is 0 Å². The second kappa shape index (κ2) is 11.4. The first kappa shape index (κ1) is 26.7. The average molecular weight is 592 g/mol. The van der Waals surface area contributed by atoms with Crippen LogP contribution in [0.5, 0.6) is 5.75 Å². The molecule has 37 heavy (non-hydrogen) atoms. The van der Waals surface area contributed by atoms with Crippen molar-refractivity contribution in [3.63, 3.8) is 0 Å². The molecule has 0 spiro atoms. The van der Waals surface area contributed by atoms with Crippen LogP contribution in [-0.2, 0) is 9.53 Å². The maximum atomic E-state index is 13.6. The lowest BCUT2D eigenvalue weighted by atomic mass is 9.88. The van der Waals surface area contributed by atoms with Gasteiger partial charge in [0.2, 0.25) is 5.75 Å². The molecule has 0 bridgehead atoms. The fourth-order valence-electron chi connectivity index (χ4n) is 4.37. The Kier molecular flexibility index (Phi) is 8.23. The molecule has 194 valence electrons. The zero-order chi connectivity index (χ0) is 26.7. The largest absolute Gasteiger partial charge is 0.471 e. The van der Waals surface area contributed by atoms with Crippen LogP contribution in [0.25, 0.3) is 10.9 Å². The van der Waals surface area contributed by atoms with Gasteiger partial charge in [-0.3, -0.25) is 14.9 Å². The molecule has 1 saturated carbocycles. The Morgan fingerprint density at radius 1 is 1.30 bits per heavy atom. The maximum absolute atomic E-state index is 13.6. The molecule has 0 amide bonds. The highest BCUT2D eigenvalue weighted by Gasteiger charge is 2.26. The molecular formula is C25H24BrClN4O6. The van der Waals surface area contributed by atoms with E-state index >= 15 is 0 Å². The number of nitro groups is 1. The van der Waals surface area contributed by atoms with Crippen LogP contribution in [-0.4, -0.2) is 40.0 Å². The van der Waals surface area contributed by atoms with Crippen LogP contribution in [0.3, 0.4) is 0 Å². The lowest BCUT2D eigenvalue weighted by Gasteiger charge is -2.22. The monoisotopic (exact) mass is 590 g/mol. The predicted molar refractivity (Wildman–Crippen MR) is 143 cm³/mol. The van der Waals surface area contributed by atoms with E-state index in [9.17, 15) is 19.7 Å². The van der Waals surface area contributed by atoms with Crippen LogP contribution in [0.1, 0.15) is 56.3 Å². The quantitative estimate of drug-likeness (QED) is 0.152. The summed E-state index contributed by atoms with van der Waals surface area (Å²) in [5.74, 6) is -0.375. The highest BCUT2D eigenvalue weighted by molar-refractivity contribution is 9.10. The van der Waals surface area contributed by atoms with Gasteiger partial charge in [-0.25, -0.2) is 9.78 Å². The molecule has 1 fully saturated rings. The summed E-state index contributed by atoms with van der Waals surface area (Å²) in [6.07, 6.45) is 5.03. The number of carbonyl (C=O) groups excluding carboxylic acids is 1. The molecule has 3 aromatic rings. The molecule has 1 aromatic heterocycles. The SMILES string of the molecule is COC(=O)[C@H](C)Oc1c(C=Nn2c(C3CCCCC3)nc3ccc(Br)cc3c2=O)cc(Cl)cc1[N+](=O)[O-]. The van der Waals surface area contributed by atoms with Gasteiger partial charge in [0, 0.05) is 27.0 Å². The zero-order valence-electron chi connectivity index (χ0n) is 20.1. The van der Waals surface area contributed by atoms with Crippen LogP contribution in [0.15, 0.2) is 44.7 Å². The maximum Gasteiger partial charge on any atom is 0.346 e. The van der Waals surface area contributed by atoms with Crippen LogP contribution >= 0.6 is 27.5 Å². The number of nitro benzene ring substituents is 1. The molecule has 1 heterocycles. The minimum Gasteiger partial charge on any atom is -0.471 e. The Labute approximate surface area is 225 Å². The molecule has 0 radical (unpaired) electrons. The Balaban J connectivity index is 1.88. The van der Waals surface area contributed by atoms with Crippen LogP contribution in [0.2, 0.25) is 5.02 Å². The number of carbonyl (C=O) groups is 1. The van der Waals surface area contributed by atoms with Crippen molar-refractivity contribution in [2.24, 2.45) is 5.10 Å². The fraction of sp³-hybridized carbons (Fsp3) is 0.360. The molecule has 0 saturated heterocycles. The van der Waals surface area contributed by atoms with Gasteiger partial charge in [0.05, 0.1) is 29.2 Å². The van der Waals surface area contributed by atoms with Crippen molar-refractivity contribution >= 4 is 56.3 Å². The lowest BCUT2D eigenvalue weighted by molar-refractivity contribution is -0.386.